The molecule has 0 unspecified atom stereocenters. The largest absolute Gasteiger partial charge is 0.490 e. The van der Waals surface area contributed by atoms with Crippen molar-refractivity contribution in [3.8, 4) is 5.75 Å². The van der Waals surface area contributed by atoms with Crippen LogP contribution in [0.2, 0.25) is 0 Å². The van der Waals surface area contributed by atoms with Crippen molar-refractivity contribution >= 4 is 17.8 Å². The summed E-state index contributed by atoms with van der Waals surface area (Å²) in [5.41, 5.74) is 2.30. The van der Waals surface area contributed by atoms with Crippen molar-refractivity contribution in [1.29, 1.82) is 0 Å². The lowest BCUT2D eigenvalue weighted by atomic mass is 10.2. The normalized spacial score (nSPS) is 12.2. The van der Waals surface area contributed by atoms with Crippen LogP contribution >= 0.6 is 0 Å². The van der Waals surface area contributed by atoms with E-state index < -0.39 is 16.9 Å². The zero-order valence-electron chi connectivity index (χ0n) is 10.4. The Labute approximate surface area is 108 Å². The van der Waals surface area contributed by atoms with E-state index in [-0.39, 0.29) is 11.4 Å². The third-order valence-corrected chi connectivity index (χ3v) is 2.17. The van der Waals surface area contributed by atoms with Gasteiger partial charge in [-0.1, -0.05) is 0 Å². The van der Waals surface area contributed by atoms with Crippen molar-refractivity contribution in [3.63, 3.8) is 0 Å². The number of rotatable bonds is 5. The van der Waals surface area contributed by atoms with Crippen LogP contribution in [0.1, 0.15) is 12.5 Å². The highest BCUT2D eigenvalue weighted by Crippen LogP contribution is 2.26. The highest BCUT2D eigenvalue weighted by atomic mass is 16.6. The molecule has 8 nitrogen and oxygen atoms in total. The van der Waals surface area contributed by atoms with E-state index in [1.165, 1.54) is 32.4 Å². The minimum Gasteiger partial charge on any atom is -0.490 e. The van der Waals surface area contributed by atoms with Gasteiger partial charge in [0.2, 0.25) is 0 Å². The van der Waals surface area contributed by atoms with Gasteiger partial charge in [0.25, 0.3) is 5.91 Å². The molecule has 8 heteroatoms. The third-order valence-electron chi connectivity index (χ3n) is 2.17. The fraction of sp³-hybridized carbons (Fsp3) is 0.273. The van der Waals surface area contributed by atoms with Gasteiger partial charge in [0.1, 0.15) is 6.10 Å². The summed E-state index contributed by atoms with van der Waals surface area (Å²) in [6.45, 7) is 1.29. The van der Waals surface area contributed by atoms with E-state index in [1.54, 1.807) is 6.07 Å². The third kappa shape index (κ3) is 4.03. The molecule has 0 bridgehead atoms. The Balaban J connectivity index is 2.85. The van der Waals surface area contributed by atoms with Gasteiger partial charge in [-0.2, -0.15) is 5.10 Å². The average molecular weight is 267 g/mol. The van der Waals surface area contributed by atoms with E-state index in [2.05, 4.69) is 10.5 Å². The van der Waals surface area contributed by atoms with E-state index in [0.29, 0.717) is 5.56 Å². The lowest BCUT2D eigenvalue weighted by Gasteiger charge is -2.02. The predicted octanol–water partition coefficient (Wildman–Crippen LogP) is 0.434. The Hall–Kier alpha value is -2.48. The fourth-order valence-electron chi connectivity index (χ4n) is 1.19. The summed E-state index contributed by atoms with van der Waals surface area (Å²) in [6.07, 6.45) is 0.0505. The molecule has 102 valence electrons. The molecule has 0 aliphatic heterocycles. The molecule has 0 aliphatic rings. The number of carbonyl (C=O) groups is 1. The van der Waals surface area contributed by atoms with Crippen LogP contribution in [0.15, 0.2) is 23.3 Å². The minimum absolute atomic E-state index is 0.134. The minimum atomic E-state index is -1.18. The SMILES string of the molecule is COc1ccc(/C=N\NC(=O)[C@@H](C)O)cc1[N+](=O)[O-]. The highest BCUT2D eigenvalue weighted by Gasteiger charge is 2.14. The summed E-state index contributed by atoms with van der Waals surface area (Å²) in [6, 6.07) is 4.23. The molecule has 0 radical (unpaired) electrons. The van der Waals surface area contributed by atoms with Crippen LogP contribution in [0.25, 0.3) is 0 Å². The summed E-state index contributed by atoms with van der Waals surface area (Å²) < 4.78 is 4.85. The monoisotopic (exact) mass is 267 g/mol. The van der Waals surface area contributed by atoms with Crippen molar-refractivity contribution in [3.05, 3.63) is 33.9 Å². The molecular formula is C11H13N3O5. The number of nitrogens with one attached hydrogen (secondary N) is 1. The van der Waals surface area contributed by atoms with Gasteiger partial charge in [-0.05, 0) is 19.1 Å². The van der Waals surface area contributed by atoms with E-state index in [1.807, 2.05) is 0 Å². The molecule has 0 aromatic heterocycles. The van der Waals surface area contributed by atoms with Gasteiger partial charge < -0.3 is 9.84 Å². The van der Waals surface area contributed by atoms with Crippen molar-refractivity contribution in [2.75, 3.05) is 7.11 Å². The summed E-state index contributed by atoms with van der Waals surface area (Å²) in [5.74, 6) is -0.533. The van der Waals surface area contributed by atoms with Gasteiger partial charge >= 0.3 is 5.69 Å². The van der Waals surface area contributed by atoms with E-state index in [0.717, 1.165) is 0 Å². The van der Waals surface area contributed by atoms with Gasteiger partial charge in [-0.3, -0.25) is 14.9 Å². The van der Waals surface area contributed by atoms with Gasteiger partial charge in [0.15, 0.2) is 5.75 Å². The number of benzene rings is 1. The molecule has 19 heavy (non-hydrogen) atoms. The number of amides is 1. The van der Waals surface area contributed by atoms with Gasteiger partial charge in [0, 0.05) is 11.6 Å². The summed E-state index contributed by atoms with van der Waals surface area (Å²) in [5, 5.41) is 23.3. The van der Waals surface area contributed by atoms with E-state index in [9.17, 15) is 14.9 Å². The Morgan fingerprint density at radius 2 is 2.32 bits per heavy atom. The molecule has 0 saturated carbocycles. The van der Waals surface area contributed by atoms with Crippen LogP contribution in [0.5, 0.6) is 5.75 Å². The first kappa shape index (κ1) is 14.6. The van der Waals surface area contributed by atoms with Crippen molar-refractivity contribution in [1.82, 2.24) is 5.43 Å². The number of nitrogens with zero attached hydrogens (tertiary/aromatic N) is 2. The van der Waals surface area contributed by atoms with Crippen LogP contribution in [0, 0.1) is 10.1 Å². The second-order valence-electron chi connectivity index (χ2n) is 3.60. The maximum Gasteiger partial charge on any atom is 0.311 e. The zero-order chi connectivity index (χ0) is 14.4. The molecule has 1 amide bonds. The number of nitro groups is 1. The first-order valence-corrected chi connectivity index (χ1v) is 5.29. The fourth-order valence-corrected chi connectivity index (χ4v) is 1.19. The first-order chi connectivity index (χ1) is 8.95. The average Bonchev–Trinajstić information content (AvgIpc) is 2.38. The van der Waals surface area contributed by atoms with Crippen molar-refractivity contribution in [2.24, 2.45) is 5.10 Å². The molecule has 0 saturated heterocycles. The van der Waals surface area contributed by atoms with Crippen LogP contribution in [-0.2, 0) is 4.79 Å². The topological polar surface area (TPSA) is 114 Å². The van der Waals surface area contributed by atoms with Gasteiger partial charge in [0.05, 0.1) is 18.2 Å². The highest BCUT2D eigenvalue weighted by molar-refractivity contribution is 5.84. The molecule has 1 aromatic rings. The van der Waals surface area contributed by atoms with E-state index in [4.69, 9.17) is 9.84 Å². The Morgan fingerprint density at radius 1 is 1.63 bits per heavy atom. The number of carbonyl (C=O) groups excluding carboxylic acids is 1. The summed E-state index contributed by atoms with van der Waals surface area (Å²) >= 11 is 0. The molecule has 1 atom stereocenters. The standard InChI is InChI=1S/C11H13N3O5/c1-7(15)11(16)13-12-6-8-3-4-10(19-2)9(5-8)14(17)18/h3-7,15H,1-2H3,(H,13,16)/b12-6-/t7-/m1/s1. The quantitative estimate of drug-likeness (QED) is 0.456. The number of aliphatic hydroxyl groups excluding tert-OH is 1. The first-order valence-electron chi connectivity index (χ1n) is 5.29. The van der Waals surface area contributed by atoms with Gasteiger partial charge in [-0.15, -0.1) is 0 Å². The number of hydrogen-bond acceptors (Lipinski definition) is 6. The lowest BCUT2D eigenvalue weighted by molar-refractivity contribution is -0.385. The maximum absolute atomic E-state index is 11.0. The molecule has 1 rings (SSSR count). The molecule has 0 spiro atoms. The number of hydrazone groups is 1. The second-order valence-corrected chi connectivity index (χ2v) is 3.60. The number of hydrogen-bond donors (Lipinski definition) is 2. The van der Waals surface area contributed by atoms with Crippen LogP contribution in [-0.4, -0.2) is 35.4 Å². The van der Waals surface area contributed by atoms with Gasteiger partial charge in [-0.25, -0.2) is 5.43 Å². The second kappa shape index (κ2) is 6.45. The number of ether oxygens (including phenoxy) is 1. The van der Waals surface area contributed by atoms with Crippen LogP contribution in [0.3, 0.4) is 0 Å². The molecule has 1 aromatic carbocycles. The zero-order valence-corrected chi connectivity index (χ0v) is 10.4. The molecule has 2 N–H and O–H groups in total. The Bertz CT molecular complexity index is 513. The lowest BCUT2D eigenvalue weighted by Crippen LogP contribution is -2.28. The summed E-state index contributed by atoms with van der Waals surface area (Å²) in [4.78, 5) is 21.2. The molecular weight excluding hydrogens is 254 g/mol. The molecule has 0 fully saturated rings. The number of methoxy groups -OCH3 is 1. The van der Waals surface area contributed by atoms with Crippen molar-refractivity contribution in [2.45, 2.75) is 13.0 Å². The molecule has 0 aliphatic carbocycles. The Morgan fingerprint density at radius 3 is 2.84 bits per heavy atom. The number of nitro benzene ring substituents is 1. The maximum atomic E-state index is 11.0. The molecule has 0 heterocycles. The Kier molecular flexibility index (Phi) is 4.95. The smallest absolute Gasteiger partial charge is 0.311 e. The number of aliphatic hydroxyl groups is 1. The summed E-state index contributed by atoms with van der Waals surface area (Å²) in [7, 11) is 1.33. The van der Waals surface area contributed by atoms with E-state index >= 15 is 0 Å². The predicted molar refractivity (Wildman–Crippen MR) is 67.1 cm³/mol. The van der Waals surface area contributed by atoms with Crippen LogP contribution < -0.4 is 10.2 Å². The van der Waals surface area contributed by atoms with Crippen molar-refractivity contribution < 1.29 is 19.6 Å². The van der Waals surface area contributed by atoms with Crippen LogP contribution in [0.4, 0.5) is 5.69 Å².